The van der Waals surface area contributed by atoms with E-state index in [0.717, 1.165) is 34.9 Å². The van der Waals surface area contributed by atoms with Gasteiger partial charge in [-0.15, -0.1) is 0 Å². The molecule has 1 aromatic carbocycles. The zero-order valence-corrected chi connectivity index (χ0v) is 10.4. The second-order valence-electron chi connectivity index (χ2n) is 4.35. The van der Waals surface area contributed by atoms with Gasteiger partial charge in [-0.2, -0.15) is 5.26 Å². The average molecular weight is 248 g/mol. The zero-order valence-electron chi connectivity index (χ0n) is 10.4. The van der Waals surface area contributed by atoms with Crippen LogP contribution in [0.4, 0.5) is 0 Å². The van der Waals surface area contributed by atoms with Crippen molar-refractivity contribution in [2.45, 2.75) is 12.8 Å². The van der Waals surface area contributed by atoms with Crippen LogP contribution in [0.15, 0.2) is 35.6 Å². The first-order valence-electron chi connectivity index (χ1n) is 6.07. The molecule has 0 saturated heterocycles. The predicted molar refractivity (Wildman–Crippen MR) is 74.2 cm³/mol. The first-order valence-corrected chi connectivity index (χ1v) is 6.07. The minimum absolute atomic E-state index is 0.654. The molecule has 0 N–H and O–H groups in total. The molecule has 0 atom stereocenters. The highest BCUT2D eigenvalue weighted by atomic mass is 15.0. The normalized spacial score (nSPS) is 13.3. The van der Waals surface area contributed by atoms with Crippen LogP contribution in [0.3, 0.4) is 0 Å². The molecule has 0 fully saturated rings. The van der Waals surface area contributed by atoms with Crippen LogP contribution in [-0.4, -0.2) is 16.3 Å². The highest BCUT2D eigenvalue weighted by molar-refractivity contribution is 5.54. The molecule has 2 aromatic rings. The molecule has 92 valence electrons. The molecule has 19 heavy (non-hydrogen) atoms. The van der Waals surface area contributed by atoms with Gasteiger partial charge in [0, 0.05) is 5.69 Å². The Labute approximate surface area is 110 Å². The van der Waals surface area contributed by atoms with Gasteiger partial charge in [-0.25, -0.2) is 4.98 Å². The van der Waals surface area contributed by atoms with Crippen molar-refractivity contribution < 1.29 is 0 Å². The second-order valence-corrected chi connectivity index (χ2v) is 4.35. The lowest BCUT2D eigenvalue weighted by Gasteiger charge is -2.06. The molecular formula is C15H12N4. The molecule has 1 aliphatic rings. The Morgan fingerprint density at radius 2 is 2.11 bits per heavy atom. The van der Waals surface area contributed by atoms with Crippen molar-refractivity contribution in [2.24, 2.45) is 4.99 Å². The number of hydrogen-bond donors (Lipinski definition) is 0. The third kappa shape index (κ3) is 1.85. The molecule has 0 unspecified atom stereocenters. The lowest BCUT2D eigenvalue weighted by Crippen LogP contribution is -2.33. The Morgan fingerprint density at radius 1 is 1.32 bits per heavy atom. The lowest BCUT2D eigenvalue weighted by atomic mass is 10.1. The number of nitrogens with zero attached hydrogens (tertiary/aromatic N) is 4. The molecule has 0 bridgehead atoms. The number of fused-ring (bicyclic) bond motifs is 1. The summed E-state index contributed by atoms with van der Waals surface area (Å²) in [7, 11) is 0. The van der Waals surface area contributed by atoms with Gasteiger partial charge in [0.1, 0.15) is 11.7 Å². The molecule has 0 saturated carbocycles. The van der Waals surface area contributed by atoms with E-state index in [1.807, 2.05) is 16.7 Å². The number of imidazole rings is 1. The summed E-state index contributed by atoms with van der Waals surface area (Å²) in [6.07, 6.45) is 5.79. The van der Waals surface area contributed by atoms with E-state index >= 15 is 0 Å². The molecular weight excluding hydrogens is 236 g/mol. The van der Waals surface area contributed by atoms with Gasteiger partial charge in [-0.1, -0.05) is 6.08 Å². The van der Waals surface area contributed by atoms with Crippen molar-refractivity contribution in [2.75, 3.05) is 0 Å². The van der Waals surface area contributed by atoms with Crippen LogP contribution in [0.5, 0.6) is 0 Å². The van der Waals surface area contributed by atoms with Crippen molar-refractivity contribution >= 4 is 18.5 Å². The second kappa shape index (κ2) is 4.54. The minimum Gasteiger partial charge on any atom is -0.299 e. The molecule has 3 rings (SSSR count). The third-order valence-electron chi connectivity index (χ3n) is 3.26. The van der Waals surface area contributed by atoms with E-state index in [2.05, 4.69) is 28.8 Å². The van der Waals surface area contributed by atoms with Crippen LogP contribution in [0, 0.1) is 11.3 Å². The standard InChI is InChI=1S/C15H12N4/c1-17-13-3-2-4-14-15(13)18-10-19(14)12-7-5-11(9-16)6-8-12/h4-8,10H,1-3H2. The van der Waals surface area contributed by atoms with Crippen molar-refractivity contribution in [3.63, 3.8) is 0 Å². The molecule has 1 aromatic heterocycles. The van der Waals surface area contributed by atoms with E-state index in [1.54, 1.807) is 18.5 Å². The van der Waals surface area contributed by atoms with E-state index in [-0.39, 0.29) is 0 Å². The van der Waals surface area contributed by atoms with E-state index in [0.29, 0.717) is 5.56 Å². The lowest BCUT2D eigenvalue weighted by molar-refractivity contribution is 0.979. The number of nitriles is 1. The van der Waals surface area contributed by atoms with Gasteiger partial charge >= 0.3 is 0 Å². The fourth-order valence-corrected chi connectivity index (χ4v) is 2.30. The monoisotopic (exact) mass is 248 g/mol. The number of hydrogen-bond acceptors (Lipinski definition) is 3. The maximum atomic E-state index is 8.82. The highest BCUT2D eigenvalue weighted by Crippen LogP contribution is 2.10. The summed E-state index contributed by atoms with van der Waals surface area (Å²) in [5.41, 5.74) is 2.60. The van der Waals surface area contributed by atoms with Crippen molar-refractivity contribution in [1.29, 1.82) is 5.26 Å². The molecule has 0 spiro atoms. The molecule has 4 nitrogen and oxygen atoms in total. The van der Waals surface area contributed by atoms with Gasteiger partial charge in [0.15, 0.2) is 0 Å². The van der Waals surface area contributed by atoms with Gasteiger partial charge in [-0.3, -0.25) is 9.56 Å². The molecule has 1 aliphatic carbocycles. The summed E-state index contributed by atoms with van der Waals surface area (Å²) in [5.74, 6) is 0. The Hall–Kier alpha value is -2.67. The largest absolute Gasteiger partial charge is 0.299 e. The van der Waals surface area contributed by atoms with Gasteiger partial charge in [0.25, 0.3) is 0 Å². The van der Waals surface area contributed by atoms with Gasteiger partial charge in [-0.05, 0) is 43.8 Å². The number of aromatic nitrogens is 2. The molecule has 0 aliphatic heterocycles. The van der Waals surface area contributed by atoms with Crippen molar-refractivity contribution in [1.82, 2.24) is 9.55 Å². The average Bonchev–Trinajstić information content (AvgIpc) is 2.91. The maximum absolute atomic E-state index is 8.82. The van der Waals surface area contributed by atoms with E-state index < -0.39 is 0 Å². The van der Waals surface area contributed by atoms with Crippen molar-refractivity contribution in [3.8, 4) is 11.8 Å². The minimum atomic E-state index is 0.654. The Kier molecular flexibility index (Phi) is 2.73. The molecule has 4 heteroatoms. The molecule has 0 radical (unpaired) electrons. The fraction of sp³-hybridized carbons (Fsp3) is 0.133. The summed E-state index contributed by atoms with van der Waals surface area (Å²) in [5, 5.41) is 10.8. The highest BCUT2D eigenvalue weighted by Gasteiger charge is 2.08. The van der Waals surface area contributed by atoms with E-state index in [1.165, 1.54) is 0 Å². The molecule has 1 heterocycles. The Bertz CT molecular complexity index is 788. The fourth-order valence-electron chi connectivity index (χ4n) is 2.30. The van der Waals surface area contributed by atoms with Gasteiger partial charge < -0.3 is 0 Å². The van der Waals surface area contributed by atoms with E-state index in [4.69, 9.17) is 5.26 Å². The van der Waals surface area contributed by atoms with Crippen LogP contribution in [-0.2, 0) is 0 Å². The summed E-state index contributed by atoms with van der Waals surface area (Å²) in [6.45, 7) is 3.60. The Morgan fingerprint density at radius 3 is 2.79 bits per heavy atom. The summed E-state index contributed by atoms with van der Waals surface area (Å²) >= 11 is 0. The number of aliphatic imine (C=N–C) groups is 1. The Balaban J connectivity index is 2.21. The first kappa shape index (κ1) is 11.4. The molecule has 0 amide bonds. The van der Waals surface area contributed by atoms with Crippen LogP contribution in [0.2, 0.25) is 0 Å². The zero-order chi connectivity index (χ0) is 13.2. The van der Waals surface area contributed by atoms with Gasteiger partial charge in [0.05, 0.1) is 22.7 Å². The van der Waals surface area contributed by atoms with Crippen LogP contribution >= 0.6 is 0 Å². The summed E-state index contributed by atoms with van der Waals surface area (Å²) < 4.78 is 2.01. The SMILES string of the molecule is C=NC1=c2ncn(-c3ccc(C#N)cc3)c2=CCC1. The first-order chi connectivity index (χ1) is 9.33. The van der Waals surface area contributed by atoms with Crippen LogP contribution in [0.25, 0.3) is 17.5 Å². The van der Waals surface area contributed by atoms with Crippen LogP contribution in [0.1, 0.15) is 18.4 Å². The smallest absolute Gasteiger partial charge is 0.110 e. The van der Waals surface area contributed by atoms with Crippen LogP contribution < -0.4 is 10.7 Å². The summed E-state index contributed by atoms with van der Waals surface area (Å²) in [6, 6.07) is 9.57. The number of benzene rings is 1. The number of rotatable bonds is 2. The van der Waals surface area contributed by atoms with E-state index in [9.17, 15) is 0 Å². The van der Waals surface area contributed by atoms with Gasteiger partial charge in [0.2, 0.25) is 0 Å². The van der Waals surface area contributed by atoms with Crippen molar-refractivity contribution in [3.05, 3.63) is 46.9 Å². The topological polar surface area (TPSA) is 54.0 Å². The third-order valence-corrected chi connectivity index (χ3v) is 3.26. The maximum Gasteiger partial charge on any atom is 0.110 e. The quantitative estimate of drug-likeness (QED) is 0.748. The summed E-state index contributed by atoms with van der Waals surface area (Å²) in [4.78, 5) is 8.47. The predicted octanol–water partition coefficient (Wildman–Crippen LogP) is 1.13.